The number of guanidine groups is 1. The van der Waals surface area contributed by atoms with Crippen LogP contribution in [0.3, 0.4) is 0 Å². The van der Waals surface area contributed by atoms with Crippen molar-refractivity contribution in [2.45, 2.75) is 33.1 Å². The SMILES string of the molecule is CCCN=C(NCCc1ccco1)N1CCC(COCC)C1. The van der Waals surface area contributed by atoms with Gasteiger partial charge in [0.15, 0.2) is 5.96 Å². The van der Waals surface area contributed by atoms with Crippen LogP contribution < -0.4 is 5.32 Å². The van der Waals surface area contributed by atoms with E-state index in [1.807, 2.05) is 12.1 Å². The van der Waals surface area contributed by atoms with E-state index >= 15 is 0 Å². The second-order valence-corrected chi connectivity index (χ2v) is 5.72. The number of rotatable bonds is 8. The van der Waals surface area contributed by atoms with Crippen LogP contribution >= 0.6 is 0 Å². The molecule has 2 rings (SSSR count). The number of furan rings is 1. The molecule has 1 aliphatic heterocycles. The molecule has 124 valence electrons. The molecule has 1 fully saturated rings. The fourth-order valence-corrected chi connectivity index (χ4v) is 2.68. The van der Waals surface area contributed by atoms with E-state index in [0.717, 1.165) is 64.0 Å². The summed E-state index contributed by atoms with van der Waals surface area (Å²) in [4.78, 5) is 7.08. The summed E-state index contributed by atoms with van der Waals surface area (Å²) < 4.78 is 10.9. The fraction of sp³-hybridized carbons (Fsp3) is 0.706. The Kier molecular flexibility index (Phi) is 7.30. The Morgan fingerprint density at radius 1 is 1.50 bits per heavy atom. The van der Waals surface area contributed by atoms with Crippen LogP contribution in [0.2, 0.25) is 0 Å². The molecule has 0 amide bonds. The molecule has 2 heterocycles. The van der Waals surface area contributed by atoms with Gasteiger partial charge in [0.2, 0.25) is 0 Å². The van der Waals surface area contributed by atoms with Gasteiger partial charge in [-0.3, -0.25) is 4.99 Å². The molecule has 22 heavy (non-hydrogen) atoms. The average Bonchev–Trinajstić information content (AvgIpc) is 3.20. The molecule has 1 aromatic rings. The van der Waals surface area contributed by atoms with Gasteiger partial charge in [-0.2, -0.15) is 0 Å². The van der Waals surface area contributed by atoms with E-state index in [0.29, 0.717) is 5.92 Å². The van der Waals surface area contributed by atoms with Crippen LogP contribution in [0.4, 0.5) is 0 Å². The Bertz CT molecular complexity index is 431. The molecule has 1 atom stereocenters. The molecular formula is C17H29N3O2. The average molecular weight is 307 g/mol. The number of nitrogens with one attached hydrogen (secondary N) is 1. The highest BCUT2D eigenvalue weighted by Gasteiger charge is 2.24. The first-order valence-corrected chi connectivity index (χ1v) is 8.46. The minimum absolute atomic E-state index is 0.624. The van der Waals surface area contributed by atoms with Crippen LogP contribution in [0.1, 0.15) is 32.4 Å². The summed E-state index contributed by atoms with van der Waals surface area (Å²) in [6.45, 7) is 9.70. The van der Waals surface area contributed by atoms with Gasteiger partial charge in [-0.15, -0.1) is 0 Å². The van der Waals surface area contributed by atoms with E-state index in [4.69, 9.17) is 14.1 Å². The molecule has 0 spiro atoms. The lowest BCUT2D eigenvalue weighted by atomic mass is 10.1. The first-order chi connectivity index (χ1) is 10.8. The van der Waals surface area contributed by atoms with Crippen molar-refractivity contribution >= 4 is 5.96 Å². The molecule has 1 aromatic heterocycles. The van der Waals surface area contributed by atoms with Crippen molar-refractivity contribution < 1.29 is 9.15 Å². The maximum atomic E-state index is 5.56. The summed E-state index contributed by atoms with van der Waals surface area (Å²) >= 11 is 0. The summed E-state index contributed by atoms with van der Waals surface area (Å²) in [7, 11) is 0. The maximum Gasteiger partial charge on any atom is 0.193 e. The lowest BCUT2D eigenvalue weighted by Gasteiger charge is -2.22. The van der Waals surface area contributed by atoms with E-state index in [9.17, 15) is 0 Å². The normalized spacial score (nSPS) is 18.9. The summed E-state index contributed by atoms with van der Waals surface area (Å²) in [5.41, 5.74) is 0. The zero-order chi connectivity index (χ0) is 15.6. The van der Waals surface area contributed by atoms with Crippen LogP contribution in [-0.2, 0) is 11.2 Å². The van der Waals surface area contributed by atoms with Crippen molar-refractivity contribution in [2.24, 2.45) is 10.9 Å². The molecule has 5 heteroatoms. The predicted molar refractivity (Wildman–Crippen MR) is 89.2 cm³/mol. The number of nitrogens with zero attached hydrogens (tertiary/aromatic N) is 2. The Balaban J connectivity index is 1.81. The maximum absolute atomic E-state index is 5.56. The van der Waals surface area contributed by atoms with Crippen LogP contribution in [0.15, 0.2) is 27.8 Å². The Labute approximate surface area is 133 Å². The van der Waals surface area contributed by atoms with Crippen LogP contribution in [0.5, 0.6) is 0 Å². The molecule has 0 radical (unpaired) electrons. The van der Waals surface area contributed by atoms with Gasteiger partial charge < -0.3 is 19.4 Å². The Morgan fingerprint density at radius 2 is 2.41 bits per heavy atom. The van der Waals surface area contributed by atoms with Gasteiger partial charge in [0, 0.05) is 45.1 Å². The molecule has 1 aliphatic rings. The largest absolute Gasteiger partial charge is 0.469 e. The monoisotopic (exact) mass is 307 g/mol. The van der Waals surface area contributed by atoms with E-state index in [-0.39, 0.29) is 0 Å². The topological polar surface area (TPSA) is 50.0 Å². The molecular weight excluding hydrogens is 278 g/mol. The standard InChI is InChI=1S/C17H29N3O2/c1-3-9-18-17(19-10-7-16-6-5-12-22-16)20-11-8-15(13-20)14-21-4-2/h5-6,12,15H,3-4,7-11,13-14H2,1-2H3,(H,18,19). The fourth-order valence-electron chi connectivity index (χ4n) is 2.68. The van der Waals surface area contributed by atoms with Gasteiger partial charge in [-0.25, -0.2) is 0 Å². The van der Waals surface area contributed by atoms with E-state index < -0.39 is 0 Å². The molecule has 0 aromatic carbocycles. The molecule has 0 aliphatic carbocycles. The van der Waals surface area contributed by atoms with Crippen molar-refractivity contribution in [3.63, 3.8) is 0 Å². The third-order valence-corrected chi connectivity index (χ3v) is 3.86. The zero-order valence-corrected chi connectivity index (χ0v) is 13.9. The lowest BCUT2D eigenvalue weighted by molar-refractivity contribution is 0.114. The summed E-state index contributed by atoms with van der Waals surface area (Å²) in [5.74, 6) is 2.67. The van der Waals surface area contributed by atoms with Crippen molar-refractivity contribution in [1.82, 2.24) is 10.2 Å². The molecule has 0 bridgehead atoms. The number of likely N-dealkylation sites (tertiary alicyclic amines) is 1. The van der Waals surface area contributed by atoms with Gasteiger partial charge in [0.1, 0.15) is 5.76 Å². The molecule has 1 unspecified atom stereocenters. The minimum atomic E-state index is 0.624. The van der Waals surface area contributed by atoms with Gasteiger partial charge in [-0.05, 0) is 31.9 Å². The highest BCUT2D eigenvalue weighted by atomic mass is 16.5. The van der Waals surface area contributed by atoms with Gasteiger partial charge in [-0.1, -0.05) is 6.92 Å². The number of ether oxygens (including phenoxy) is 1. The molecule has 5 nitrogen and oxygen atoms in total. The molecule has 0 saturated carbocycles. The van der Waals surface area contributed by atoms with Gasteiger partial charge in [0.25, 0.3) is 0 Å². The first-order valence-electron chi connectivity index (χ1n) is 8.46. The van der Waals surface area contributed by atoms with Gasteiger partial charge >= 0.3 is 0 Å². The minimum Gasteiger partial charge on any atom is -0.469 e. The van der Waals surface area contributed by atoms with E-state index in [1.54, 1.807) is 6.26 Å². The van der Waals surface area contributed by atoms with Crippen LogP contribution in [-0.4, -0.2) is 50.3 Å². The van der Waals surface area contributed by atoms with Crippen molar-refractivity contribution in [1.29, 1.82) is 0 Å². The zero-order valence-electron chi connectivity index (χ0n) is 13.9. The van der Waals surface area contributed by atoms with Crippen molar-refractivity contribution in [3.05, 3.63) is 24.2 Å². The lowest BCUT2D eigenvalue weighted by Crippen LogP contribution is -2.41. The number of hydrogen-bond donors (Lipinski definition) is 1. The van der Waals surface area contributed by atoms with Gasteiger partial charge in [0.05, 0.1) is 12.9 Å². The highest BCUT2D eigenvalue weighted by Crippen LogP contribution is 2.16. The first kappa shape index (κ1) is 16.9. The third kappa shape index (κ3) is 5.37. The molecule has 1 N–H and O–H groups in total. The summed E-state index contributed by atoms with van der Waals surface area (Å²) in [6, 6.07) is 3.94. The summed E-state index contributed by atoms with van der Waals surface area (Å²) in [5, 5.41) is 3.49. The second kappa shape index (κ2) is 9.51. The van der Waals surface area contributed by atoms with Crippen LogP contribution in [0.25, 0.3) is 0 Å². The van der Waals surface area contributed by atoms with E-state index in [2.05, 4.69) is 24.1 Å². The van der Waals surface area contributed by atoms with Crippen molar-refractivity contribution in [2.75, 3.05) is 39.4 Å². The number of hydrogen-bond acceptors (Lipinski definition) is 3. The van der Waals surface area contributed by atoms with E-state index in [1.165, 1.54) is 6.42 Å². The van der Waals surface area contributed by atoms with Crippen molar-refractivity contribution in [3.8, 4) is 0 Å². The smallest absolute Gasteiger partial charge is 0.193 e. The van der Waals surface area contributed by atoms with Crippen LogP contribution in [0, 0.1) is 5.92 Å². The quantitative estimate of drug-likeness (QED) is 0.592. The number of aliphatic imine (C=N–C) groups is 1. The highest BCUT2D eigenvalue weighted by molar-refractivity contribution is 5.80. The Hall–Kier alpha value is -1.49. The predicted octanol–water partition coefficient (Wildman–Crippen LogP) is 2.54. The second-order valence-electron chi connectivity index (χ2n) is 5.72. The summed E-state index contributed by atoms with van der Waals surface area (Å²) in [6.07, 6.45) is 4.86. The Morgan fingerprint density at radius 3 is 3.14 bits per heavy atom. The third-order valence-electron chi connectivity index (χ3n) is 3.86. The molecule has 1 saturated heterocycles.